The van der Waals surface area contributed by atoms with Crippen molar-refractivity contribution in [1.82, 2.24) is 10.6 Å². The summed E-state index contributed by atoms with van der Waals surface area (Å²) < 4.78 is 0. The molecule has 1 fully saturated rings. The first-order chi connectivity index (χ1) is 8.54. The number of rotatable bonds is 3. The van der Waals surface area contributed by atoms with Crippen LogP contribution in [0.5, 0.6) is 11.5 Å². The van der Waals surface area contributed by atoms with Gasteiger partial charge in [0.1, 0.15) is 11.5 Å². The van der Waals surface area contributed by atoms with Gasteiger partial charge >= 0.3 is 0 Å². The molecule has 98 valence electrons. The zero-order chi connectivity index (χ0) is 13.1. The number of phenolic OH excluding ortho intramolecular Hbond substituents is 2. The Labute approximate surface area is 106 Å². The van der Waals surface area contributed by atoms with Crippen LogP contribution >= 0.6 is 0 Å². The second-order valence-corrected chi connectivity index (χ2v) is 4.71. The molecule has 5 heteroatoms. The molecule has 18 heavy (non-hydrogen) atoms. The van der Waals surface area contributed by atoms with Crippen LogP contribution in [0.25, 0.3) is 0 Å². The highest BCUT2D eigenvalue weighted by atomic mass is 16.3. The summed E-state index contributed by atoms with van der Waals surface area (Å²) in [5.74, 6) is 0.196. The minimum absolute atomic E-state index is 0.00278. The Morgan fingerprint density at radius 2 is 2.00 bits per heavy atom. The third kappa shape index (κ3) is 3.13. The second kappa shape index (κ2) is 5.27. The molecule has 1 amide bonds. The van der Waals surface area contributed by atoms with Crippen LogP contribution < -0.4 is 10.6 Å². The monoisotopic (exact) mass is 250 g/mol. The molecular weight excluding hydrogens is 232 g/mol. The second-order valence-electron chi connectivity index (χ2n) is 4.71. The fourth-order valence-corrected chi connectivity index (χ4v) is 2.19. The highest BCUT2D eigenvalue weighted by molar-refractivity contribution is 5.76. The van der Waals surface area contributed by atoms with Crippen molar-refractivity contribution in [2.45, 2.75) is 31.8 Å². The topological polar surface area (TPSA) is 81.6 Å². The molecule has 0 aromatic heterocycles. The number of piperidine rings is 1. The molecule has 2 rings (SSSR count). The summed E-state index contributed by atoms with van der Waals surface area (Å²) in [6.07, 6.45) is 1.34. The van der Waals surface area contributed by atoms with Crippen molar-refractivity contribution in [2.75, 3.05) is 6.54 Å². The Morgan fingerprint density at radius 3 is 2.56 bits per heavy atom. The fourth-order valence-electron chi connectivity index (χ4n) is 2.19. The minimum Gasteiger partial charge on any atom is -0.508 e. The lowest BCUT2D eigenvalue weighted by molar-refractivity contribution is -0.122. The number of aromatic hydroxyl groups is 2. The lowest BCUT2D eigenvalue weighted by Crippen LogP contribution is -2.46. The maximum Gasteiger partial charge on any atom is 0.220 e. The molecule has 2 atom stereocenters. The molecule has 0 spiro atoms. The van der Waals surface area contributed by atoms with E-state index in [1.807, 2.05) is 6.92 Å². The van der Waals surface area contributed by atoms with Crippen molar-refractivity contribution in [3.05, 3.63) is 23.8 Å². The molecular formula is C13H18N2O3. The average Bonchev–Trinajstić information content (AvgIpc) is 2.31. The van der Waals surface area contributed by atoms with E-state index in [1.54, 1.807) is 12.1 Å². The summed E-state index contributed by atoms with van der Waals surface area (Å²) in [5, 5.41) is 25.1. The van der Waals surface area contributed by atoms with Crippen LogP contribution in [-0.2, 0) is 4.79 Å². The highest BCUT2D eigenvalue weighted by Crippen LogP contribution is 2.25. The van der Waals surface area contributed by atoms with Crippen LogP contribution in [0.3, 0.4) is 0 Å². The van der Waals surface area contributed by atoms with Gasteiger partial charge in [-0.25, -0.2) is 0 Å². The SMILES string of the molecule is CC(NC1CCC(=O)NC1)c1cc(O)cc(O)c1. The molecule has 1 heterocycles. The Kier molecular flexibility index (Phi) is 3.72. The van der Waals surface area contributed by atoms with Crippen molar-refractivity contribution in [3.8, 4) is 11.5 Å². The molecule has 1 aromatic rings. The smallest absolute Gasteiger partial charge is 0.220 e. The predicted octanol–water partition coefficient (Wildman–Crippen LogP) is 1.03. The molecule has 0 bridgehead atoms. The lowest BCUT2D eigenvalue weighted by atomic mass is 10.0. The number of carbonyl (C=O) groups is 1. The predicted molar refractivity (Wildman–Crippen MR) is 67.4 cm³/mol. The van der Waals surface area contributed by atoms with Crippen molar-refractivity contribution < 1.29 is 15.0 Å². The molecule has 0 aliphatic carbocycles. The highest BCUT2D eigenvalue weighted by Gasteiger charge is 2.20. The zero-order valence-electron chi connectivity index (χ0n) is 10.3. The van der Waals surface area contributed by atoms with Crippen LogP contribution in [-0.4, -0.2) is 28.7 Å². The van der Waals surface area contributed by atoms with Gasteiger partial charge in [0.2, 0.25) is 5.91 Å². The Balaban J connectivity index is 1.98. The summed E-state index contributed by atoms with van der Waals surface area (Å²) in [7, 11) is 0. The van der Waals surface area contributed by atoms with E-state index in [-0.39, 0.29) is 29.5 Å². The van der Waals surface area contributed by atoms with Gasteiger partial charge in [-0.1, -0.05) is 0 Å². The molecule has 0 saturated carbocycles. The number of nitrogens with one attached hydrogen (secondary N) is 2. The fraction of sp³-hybridized carbons (Fsp3) is 0.462. The Hall–Kier alpha value is -1.75. The van der Waals surface area contributed by atoms with Gasteiger partial charge < -0.3 is 20.8 Å². The first kappa shape index (κ1) is 12.7. The lowest BCUT2D eigenvalue weighted by Gasteiger charge is -2.27. The van der Waals surface area contributed by atoms with Gasteiger partial charge in [0.25, 0.3) is 0 Å². The minimum atomic E-state index is 0.00278. The van der Waals surface area contributed by atoms with Crippen molar-refractivity contribution in [2.24, 2.45) is 0 Å². The molecule has 1 aromatic carbocycles. The molecule has 0 radical (unpaired) electrons. The van der Waals surface area contributed by atoms with E-state index < -0.39 is 0 Å². The van der Waals surface area contributed by atoms with Crippen LogP contribution in [0.4, 0.5) is 0 Å². The normalized spacial score (nSPS) is 21.4. The van der Waals surface area contributed by atoms with E-state index in [9.17, 15) is 15.0 Å². The summed E-state index contributed by atoms with van der Waals surface area (Å²) in [6, 6.07) is 4.78. The van der Waals surface area contributed by atoms with Crippen LogP contribution in [0, 0.1) is 0 Å². The molecule has 1 saturated heterocycles. The summed E-state index contributed by atoms with van der Waals surface area (Å²) in [4.78, 5) is 11.0. The van der Waals surface area contributed by atoms with Gasteiger partial charge in [-0.05, 0) is 31.0 Å². The van der Waals surface area contributed by atoms with Gasteiger partial charge in [-0.3, -0.25) is 4.79 Å². The van der Waals surface area contributed by atoms with E-state index >= 15 is 0 Å². The largest absolute Gasteiger partial charge is 0.508 e. The van der Waals surface area contributed by atoms with Gasteiger partial charge in [-0.15, -0.1) is 0 Å². The molecule has 2 unspecified atom stereocenters. The molecule has 1 aliphatic rings. The van der Waals surface area contributed by atoms with E-state index in [4.69, 9.17) is 0 Å². The first-order valence-corrected chi connectivity index (χ1v) is 6.10. The third-order valence-electron chi connectivity index (χ3n) is 3.18. The summed E-state index contributed by atoms with van der Waals surface area (Å²) >= 11 is 0. The van der Waals surface area contributed by atoms with Gasteiger partial charge in [-0.2, -0.15) is 0 Å². The van der Waals surface area contributed by atoms with E-state index in [1.165, 1.54) is 6.07 Å². The van der Waals surface area contributed by atoms with Crippen LogP contribution in [0.1, 0.15) is 31.4 Å². The summed E-state index contributed by atoms with van der Waals surface area (Å²) in [5.41, 5.74) is 0.824. The number of amides is 1. The van der Waals surface area contributed by atoms with Crippen molar-refractivity contribution in [1.29, 1.82) is 0 Å². The Bertz CT molecular complexity index is 418. The van der Waals surface area contributed by atoms with E-state index in [2.05, 4.69) is 10.6 Å². The summed E-state index contributed by atoms with van der Waals surface area (Å²) in [6.45, 7) is 2.58. The van der Waals surface area contributed by atoms with Crippen LogP contribution in [0.2, 0.25) is 0 Å². The average molecular weight is 250 g/mol. The molecule has 1 aliphatic heterocycles. The number of phenols is 2. The van der Waals surface area contributed by atoms with Gasteiger partial charge in [0.15, 0.2) is 0 Å². The maximum atomic E-state index is 11.0. The zero-order valence-corrected chi connectivity index (χ0v) is 10.3. The van der Waals surface area contributed by atoms with Crippen molar-refractivity contribution >= 4 is 5.91 Å². The quantitative estimate of drug-likeness (QED) is 0.646. The Morgan fingerprint density at radius 1 is 1.33 bits per heavy atom. The maximum absolute atomic E-state index is 11.0. The number of carbonyl (C=O) groups excluding carboxylic acids is 1. The molecule has 4 N–H and O–H groups in total. The standard InChI is InChI=1S/C13H18N2O3/c1-8(9-4-11(16)6-12(17)5-9)15-10-2-3-13(18)14-7-10/h4-6,8,10,15-17H,2-3,7H2,1H3,(H,14,18). The third-order valence-corrected chi connectivity index (χ3v) is 3.18. The van der Waals surface area contributed by atoms with E-state index in [0.717, 1.165) is 12.0 Å². The van der Waals surface area contributed by atoms with E-state index in [0.29, 0.717) is 13.0 Å². The number of hydrogen-bond donors (Lipinski definition) is 4. The molecule has 5 nitrogen and oxygen atoms in total. The van der Waals surface area contributed by atoms with Crippen molar-refractivity contribution in [3.63, 3.8) is 0 Å². The van der Waals surface area contributed by atoms with Crippen LogP contribution in [0.15, 0.2) is 18.2 Å². The number of hydrogen-bond acceptors (Lipinski definition) is 4. The van der Waals surface area contributed by atoms with Gasteiger partial charge in [0, 0.05) is 31.1 Å². The van der Waals surface area contributed by atoms with Gasteiger partial charge in [0.05, 0.1) is 0 Å². The number of benzene rings is 1. The first-order valence-electron chi connectivity index (χ1n) is 6.10.